The molecule has 0 aliphatic carbocycles. The van der Waals surface area contributed by atoms with Crippen LogP contribution in [-0.2, 0) is 6.42 Å². The Bertz CT molecular complexity index is 848. The van der Waals surface area contributed by atoms with Crippen molar-refractivity contribution in [3.8, 4) is 0 Å². The van der Waals surface area contributed by atoms with Crippen molar-refractivity contribution in [1.82, 2.24) is 0 Å². The topological polar surface area (TPSA) is 75.5 Å². The van der Waals surface area contributed by atoms with Crippen molar-refractivity contribution in [3.63, 3.8) is 0 Å². The van der Waals surface area contributed by atoms with Crippen molar-refractivity contribution in [2.24, 2.45) is 0 Å². The Morgan fingerprint density at radius 2 is 1.96 bits per heavy atom. The fourth-order valence-corrected chi connectivity index (χ4v) is 3.76. The van der Waals surface area contributed by atoms with Crippen molar-refractivity contribution >= 4 is 45.6 Å². The molecular weight excluding hydrogens is 445 g/mol. The van der Waals surface area contributed by atoms with Gasteiger partial charge in [-0.25, -0.2) is 0 Å². The number of nitrogens with one attached hydrogen (secondary N) is 1. The fraction of sp³-hybridized carbons (Fsp3) is 0.316. The average Bonchev–Trinajstić information content (AvgIpc) is 3.17. The van der Waals surface area contributed by atoms with Crippen molar-refractivity contribution in [1.29, 1.82) is 0 Å². The van der Waals surface area contributed by atoms with Crippen molar-refractivity contribution < 1.29 is 9.72 Å². The molecule has 7 heteroatoms. The summed E-state index contributed by atoms with van der Waals surface area (Å²) in [5.41, 5.74) is 2.64. The van der Waals surface area contributed by atoms with Gasteiger partial charge in [0.15, 0.2) is 0 Å². The predicted molar refractivity (Wildman–Crippen MR) is 111 cm³/mol. The number of hydrogen-bond acceptors (Lipinski definition) is 4. The predicted octanol–water partition coefficient (Wildman–Crippen LogP) is 4.61. The summed E-state index contributed by atoms with van der Waals surface area (Å²) in [5, 5.41) is 14.4. The Morgan fingerprint density at radius 3 is 2.62 bits per heavy atom. The van der Waals surface area contributed by atoms with Gasteiger partial charge in [0.25, 0.3) is 11.6 Å². The number of nitro groups is 1. The molecule has 1 amide bonds. The van der Waals surface area contributed by atoms with E-state index in [1.54, 1.807) is 12.1 Å². The first kappa shape index (κ1) is 18.6. The van der Waals surface area contributed by atoms with E-state index in [0.29, 0.717) is 11.3 Å². The molecule has 0 atom stereocenters. The maximum Gasteiger partial charge on any atom is 0.293 e. The Kier molecular flexibility index (Phi) is 5.75. The molecule has 6 nitrogen and oxygen atoms in total. The van der Waals surface area contributed by atoms with Crippen LogP contribution in [0.2, 0.25) is 0 Å². The maximum absolute atomic E-state index is 12.6. The Balaban J connectivity index is 1.88. The van der Waals surface area contributed by atoms with E-state index in [1.165, 1.54) is 6.07 Å². The molecule has 1 N–H and O–H groups in total. The SMILES string of the molecule is CCc1cc(I)ccc1NC(=O)c1ccc(N2CCCC2)c([N+](=O)[O-])c1. The quantitative estimate of drug-likeness (QED) is 0.398. The number of amides is 1. The zero-order valence-electron chi connectivity index (χ0n) is 14.5. The number of aryl methyl sites for hydroxylation is 1. The molecule has 136 valence electrons. The third-order valence-electron chi connectivity index (χ3n) is 4.58. The molecule has 0 radical (unpaired) electrons. The molecule has 0 unspecified atom stereocenters. The lowest BCUT2D eigenvalue weighted by Crippen LogP contribution is -2.20. The lowest BCUT2D eigenvalue weighted by atomic mass is 10.1. The molecule has 1 aliphatic heterocycles. The summed E-state index contributed by atoms with van der Waals surface area (Å²) in [4.78, 5) is 25.7. The van der Waals surface area contributed by atoms with E-state index < -0.39 is 4.92 Å². The van der Waals surface area contributed by atoms with Gasteiger partial charge in [-0.2, -0.15) is 0 Å². The van der Waals surface area contributed by atoms with Crippen molar-refractivity contribution in [2.75, 3.05) is 23.3 Å². The van der Waals surface area contributed by atoms with E-state index in [4.69, 9.17) is 0 Å². The summed E-state index contributed by atoms with van der Waals surface area (Å²) in [7, 11) is 0. The summed E-state index contributed by atoms with van der Waals surface area (Å²) in [6.07, 6.45) is 2.86. The number of nitro benzene ring substituents is 1. The third kappa shape index (κ3) is 3.98. The van der Waals surface area contributed by atoms with E-state index in [0.717, 1.165) is 47.2 Å². The maximum atomic E-state index is 12.6. The molecule has 0 spiro atoms. The number of rotatable bonds is 5. The van der Waals surface area contributed by atoms with Gasteiger partial charge in [0, 0.05) is 34.0 Å². The van der Waals surface area contributed by atoms with Gasteiger partial charge in [-0.05, 0) is 77.7 Å². The van der Waals surface area contributed by atoms with E-state index in [2.05, 4.69) is 27.9 Å². The average molecular weight is 465 g/mol. The third-order valence-corrected chi connectivity index (χ3v) is 5.25. The van der Waals surface area contributed by atoms with E-state index in [1.807, 2.05) is 30.0 Å². The van der Waals surface area contributed by atoms with Crippen LogP contribution in [0.5, 0.6) is 0 Å². The van der Waals surface area contributed by atoms with Gasteiger partial charge < -0.3 is 10.2 Å². The molecule has 1 aliphatic rings. The van der Waals surface area contributed by atoms with Gasteiger partial charge in [-0.15, -0.1) is 0 Å². The highest BCUT2D eigenvalue weighted by Crippen LogP contribution is 2.32. The Hall–Kier alpha value is -2.16. The van der Waals surface area contributed by atoms with Crippen LogP contribution >= 0.6 is 22.6 Å². The second kappa shape index (κ2) is 8.03. The zero-order valence-corrected chi connectivity index (χ0v) is 16.7. The monoisotopic (exact) mass is 465 g/mol. The number of carbonyl (C=O) groups is 1. The second-order valence-corrected chi connectivity index (χ2v) is 7.51. The summed E-state index contributed by atoms with van der Waals surface area (Å²) < 4.78 is 1.10. The number of benzene rings is 2. The second-order valence-electron chi connectivity index (χ2n) is 6.26. The number of nitrogens with zero attached hydrogens (tertiary/aromatic N) is 2. The fourth-order valence-electron chi connectivity index (χ4n) is 3.21. The number of anilines is 2. The first-order valence-corrected chi connectivity index (χ1v) is 9.70. The first-order chi connectivity index (χ1) is 12.5. The minimum Gasteiger partial charge on any atom is -0.366 e. The lowest BCUT2D eigenvalue weighted by molar-refractivity contribution is -0.384. The number of carbonyl (C=O) groups excluding carboxylic acids is 1. The van der Waals surface area contributed by atoms with Gasteiger partial charge in [-0.1, -0.05) is 6.92 Å². The first-order valence-electron chi connectivity index (χ1n) is 8.62. The van der Waals surface area contributed by atoms with Crippen LogP contribution in [0.15, 0.2) is 36.4 Å². The molecule has 0 bridgehead atoms. The smallest absolute Gasteiger partial charge is 0.293 e. The summed E-state index contributed by atoms with van der Waals surface area (Å²) in [5.74, 6) is -0.336. The number of halogens is 1. The molecule has 2 aromatic rings. The molecule has 1 heterocycles. The van der Waals surface area contributed by atoms with Crippen LogP contribution in [0.3, 0.4) is 0 Å². The highest BCUT2D eigenvalue weighted by atomic mass is 127. The minimum absolute atomic E-state index is 0.0159. The zero-order chi connectivity index (χ0) is 18.7. The number of hydrogen-bond donors (Lipinski definition) is 1. The van der Waals surface area contributed by atoms with Gasteiger partial charge in [0.1, 0.15) is 5.69 Å². The van der Waals surface area contributed by atoms with E-state index in [-0.39, 0.29) is 11.6 Å². The summed E-state index contributed by atoms with van der Waals surface area (Å²) in [6.45, 7) is 3.65. The highest BCUT2D eigenvalue weighted by molar-refractivity contribution is 14.1. The van der Waals surface area contributed by atoms with Crippen LogP contribution in [0.1, 0.15) is 35.7 Å². The molecule has 26 heavy (non-hydrogen) atoms. The molecule has 1 fully saturated rings. The lowest BCUT2D eigenvalue weighted by Gasteiger charge is -2.18. The summed E-state index contributed by atoms with van der Waals surface area (Å²) in [6, 6.07) is 10.5. The molecule has 2 aromatic carbocycles. The van der Waals surface area contributed by atoms with Crippen LogP contribution in [-0.4, -0.2) is 23.9 Å². The molecule has 0 saturated carbocycles. The van der Waals surface area contributed by atoms with Gasteiger partial charge >= 0.3 is 0 Å². The van der Waals surface area contributed by atoms with Crippen LogP contribution in [0.25, 0.3) is 0 Å². The normalized spacial score (nSPS) is 13.7. The van der Waals surface area contributed by atoms with Crippen LogP contribution in [0, 0.1) is 13.7 Å². The van der Waals surface area contributed by atoms with Crippen LogP contribution < -0.4 is 10.2 Å². The van der Waals surface area contributed by atoms with Gasteiger partial charge in [0.05, 0.1) is 4.92 Å². The van der Waals surface area contributed by atoms with Crippen molar-refractivity contribution in [2.45, 2.75) is 26.2 Å². The van der Waals surface area contributed by atoms with Gasteiger partial charge in [-0.3, -0.25) is 14.9 Å². The molecule has 0 aromatic heterocycles. The van der Waals surface area contributed by atoms with Crippen molar-refractivity contribution in [3.05, 3.63) is 61.2 Å². The minimum atomic E-state index is -0.410. The highest BCUT2D eigenvalue weighted by Gasteiger charge is 2.24. The van der Waals surface area contributed by atoms with Crippen LogP contribution in [0.4, 0.5) is 17.1 Å². The summed E-state index contributed by atoms with van der Waals surface area (Å²) >= 11 is 2.23. The Labute approximate surface area is 165 Å². The molecule has 3 rings (SSSR count). The van der Waals surface area contributed by atoms with E-state index >= 15 is 0 Å². The van der Waals surface area contributed by atoms with Gasteiger partial charge in [0.2, 0.25) is 0 Å². The Morgan fingerprint density at radius 1 is 1.23 bits per heavy atom. The molecule has 1 saturated heterocycles. The molecular formula is C19H20IN3O3. The van der Waals surface area contributed by atoms with E-state index in [9.17, 15) is 14.9 Å². The standard InChI is InChI=1S/C19H20IN3O3/c1-2-13-11-15(20)6-7-16(13)21-19(24)14-5-8-17(18(12-14)23(25)26)22-9-3-4-10-22/h5-8,11-12H,2-4,9-10H2,1H3,(H,21,24). The largest absolute Gasteiger partial charge is 0.366 e.